The molecule has 0 spiro atoms. The smallest absolute Gasteiger partial charge is 0.100 e. The monoisotopic (exact) mass is 266 g/mol. The van der Waals surface area contributed by atoms with E-state index in [0.29, 0.717) is 6.04 Å². The highest BCUT2D eigenvalue weighted by molar-refractivity contribution is 7.18. The van der Waals surface area contributed by atoms with E-state index in [1.807, 2.05) is 12.1 Å². The van der Waals surface area contributed by atoms with Gasteiger partial charge in [-0.05, 0) is 31.5 Å². The third-order valence-electron chi connectivity index (χ3n) is 3.25. The molecule has 2 aromatic rings. The number of hydrogen-bond donors (Lipinski definition) is 1. The number of hydrogen-bond acceptors (Lipinski definition) is 3. The predicted octanol–water partition coefficient (Wildman–Crippen LogP) is 3.63. The van der Waals surface area contributed by atoms with Gasteiger partial charge < -0.3 is 5.32 Å². The highest BCUT2D eigenvalue weighted by atomic mass is 35.5. The van der Waals surface area contributed by atoms with Crippen LogP contribution in [-0.4, -0.2) is 17.6 Å². The number of halogens is 1. The summed E-state index contributed by atoms with van der Waals surface area (Å²) in [5.74, 6) is 0. The number of rotatable bonds is 2. The largest absolute Gasteiger partial charge is 0.314 e. The average Bonchev–Trinajstić information content (AvgIpc) is 2.74. The molecule has 3 rings (SSSR count). The lowest BCUT2D eigenvalue weighted by atomic mass is 10.0. The van der Waals surface area contributed by atoms with Gasteiger partial charge in [-0.15, -0.1) is 11.3 Å². The standard InChI is InChI=1S/C13H15ClN2S/c14-10-5-3-6-11-13(10)16-12(17-11)8-9-4-1-2-7-15-9/h3,5-6,9,15H,1-2,4,7-8H2. The highest BCUT2D eigenvalue weighted by Crippen LogP contribution is 2.29. The maximum Gasteiger partial charge on any atom is 0.100 e. The molecule has 0 radical (unpaired) electrons. The van der Waals surface area contributed by atoms with E-state index in [4.69, 9.17) is 11.6 Å². The van der Waals surface area contributed by atoms with Crippen LogP contribution in [0.15, 0.2) is 18.2 Å². The summed E-state index contributed by atoms with van der Waals surface area (Å²) in [4.78, 5) is 4.65. The predicted molar refractivity (Wildman–Crippen MR) is 74.0 cm³/mol. The lowest BCUT2D eigenvalue weighted by molar-refractivity contribution is 0.399. The van der Waals surface area contributed by atoms with E-state index in [9.17, 15) is 0 Å². The first kappa shape index (κ1) is 11.5. The molecule has 1 atom stereocenters. The molecular weight excluding hydrogens is 252 g/mol. The Hall–Kier alpha value is -0.640. The van der Waals surface area contributed by atoms with Crippen molar-refractivity contribution in [1.29, 1.82) is 0 Å². The van der Waals surface area contributed by atoms with Gasteiger partial charge in [-0.25, -0.2) is 4.98 Å². The summed E-state index contributed by atoms with van der Waals surface area (Å²) < 4.78 is 1.20. The molecule has 1 unspecified atom stereocenters. The number of benzene rings is 1. The number of piperidine rings is 1. The van der Waals surface area contributed by atoms with Gasteiger partial charge in [0.2, 0.25) is 0 Å². The second kappa shape index (κ2) is 4.92. The molecule has 1 aliphatic heterocycles. The molecule has 2 nitrogen and oxygen atoms in total. The van der Waals surface area contributed by atoms with Gasteiger partial charge in [0, 0.05) is 12.5 Å². The molecule has 1 aromatic heterocycles. The fourth-order valence-electron chi connectivity index (χ4n) is 2.36. The Morgan fingerprint density at radius 2 is 2.35 bits per heavy atom. The zero-order valence-electron chi connectivity index (χ0n) is 9.58. The summed E-state index contributed by atoms with van der Waals surface area (Å²) >= 11 is 7.91. The van der Waals surface area contributed by atoms with Crippen molar-refractivity contribution in [2.45, 2.75) is 31.7 Å². The van der Waals surface area contributed by atoms with Crippen LogP contribution in [0.25, 0.3) is 10.2 Å². The molecule has 0 bridgehead atoms. The van der Waals surface area contributed by atoms with Crippen LogP contribution in [0.4, 0.5) is 0 Å². The van der Waals surface area contributed by atoms with Gasteiger partial charge in [0.15, 0.2) is 0 Å². The highest BCUT2D eigenvalue weighted by Gasteiger charge is 2.15. The first-order valence-corrected chi connectivity index (χ1v) is 7.30. The van der Waals surface area contributed by atoms with Crippen LogP contribution in [0.3, 0.4) is 0 Å². The van der Waals surface area contributed by atoms with Crippen molar-refractivity contribution in [2.75, 3.05) is 6.54 Å². The van der Waals surface area contributed by atoms with Gasteiger partial charge in [-0.1, -0.05) is 24.1 Å². The Kier molecular flexibility index (Phi) is 3.32. The number of para-hydroxylation sites is 1. The summed E-state index contributed by atoms with van der Waals surface area (Å²) in [6.45, 7) is 1.15. The lowest BCUT2D eigenvalue weighted by Crippen LogP contribution is -2.35. The minimum Gasteiger partial charge on any atom is -0.314 e. The summed E-state index contributed by atoms with van der Waals surface area (Å²) in [6, 6.07) is 6.59. The number of thiazole rings is 1. The number of nitrogens with one attached hydrogen (secondary N) is 1. The minimum absolute atomic E-state index is 0.600. The quantitative estimate of drug-likeness (QED) is 0.898. The van der Waals surface area contributed by atoms with Crippen LogP contribution in [0.2, 0.25) is 5.02 Å². The van der Waals surface area contributed by atoms with Crippen LogP contribution in [0.1, 0.15) is 24.3 Å². The number of aromatic nitrogens is 1. The molecule has 0 amide bonds. The van der Waals surface area contributed by atoms with Gasteiger partial charge in [-0.2, -0.15) is 0 Å². The van der Waals surface area contributed by atoms with E-state index in [-0.39, 0.29) is 0 Å². The van der Waals surface area contributed by atoms with Crippen LogP contribution < -0.4 is 5.32 Å². The molecule has 1 aromatic carbocycles. The first-order chi connectivity index (χ1) is 8.33. The van der Waals surface area contributed by atoms with Crippen LogP contribution in [-0.2, 0) is 6.42 Å². The van der Waals surface area contributed by atoms with Crippen molar-refractivity contribution in [2.24, 2.45) is 0 Å². The van der Waals surface area contributed by atoms with E-state index in [1.165, 1.54) is 29.0 Å². The normalized spacial score (nSPS) is 20.9. The maximum absolute atomic E-state index is 6.14. The zero-order valence-corrected chi connectivity index (χ0v) is 11.2. The van der Waals surface area contributed by atoms with Crippen molar-refractivity contribution in [3.8, 4) is 0 Å². The Morgan fingerprint density at radius 3 is 3.12 bits per heavy atom. The molecule has 1 aliphatic rings. The van der Waals surface area contributed by atoms with E-state index < -0.39 is 0 Å². The van der Waals surface area contributed by atoms with E-state index in [2.05, 4.69) is 16.4 Å². The third-order valence-corrected chi connectivity index (χ3v) is 4.60. The first-order valence-electron chi connectivity index (χ1n) is 6.10. The molecule has 1 saturated heterocycles. The Balaban J connectivity index is 1.83. The maximum atomic E-state index is 6.14. The van der Waals surface area contributed by atoms with Crippen LogP contribution in [0.5, 0.6) is 0 Å². The van der Waals surface area contributed by atoms with Gasteiger partial charge in [0.1, 0.15) is 5.52 Å². The second-order valence-corrected chi connectivity index (χ2v) is 6.07. The summed E-state index contributed by atoms with van der Waals surface area (Å²) in [5.41, 5.74) is 0.963. The van der Waals surface area contributed by atoms with Gasteiger partial charge >= 0.3 is 0 Å². The van der Waals surface area contributed by atoms with Gasteiger partial charge in [-0.3, -0.25) is 0 Å². The SMILES string of the molecule is Clc1cccc2sc(CC3CCCCN3)nc12. The Bertz CT molecular complexity index is 517. The molecule has 0 saturated carbocycles. The fourth-order valence-corrected chi connectivity index (χ4v) is 3.70. The van der Waals surface area contributed by atoms with Crippen LogP contribution >= 0.6 is 22.9 Å². The van der Waals surface area contributed by atoms with Crippen molar-refractivity contribution in [1.82, 2.24) is 10.3 Å². The average molecular weight is 267 g/mol. The summed E-state index contributed by atoms with van der Waals surface area (Å²) in [7, 11) is 0. The molecule has 2 heterocycles. The molecule has 1 fully saturated rings. The molecule has 1 N–H and O–H groups in total. The van der Waals surface area contributed by atoms with E-state index in [1.54, 1.807) is 11.3 Å². The molecular formula is C13H15ClN2S. The molecule has 4 heteroatoms. The molecule has 17 heavy (non-hydrogen) atoms. The third kappa shape index (κ3) is 2.46. The number of fused-ring (bicyclic) bond motifs is 1. The van der Waals surface area contributed by atoms with Crippen molar-refractivity contribution in [3.63, 3.8) is 0 Å². The minimum atomic E-state index is 0.600. The van der Waals surface area contributed by atoms with Gasteiger partial charge in [0.25, 0.3) is 0 Å². The van der Waals surface area contributed by atoms with E-state index in [0.717, 1.165) is 23.5 Å². The van der Waals surface area contributed by atoms with Crippen molar-refractivity contribution in [3.05, 3.63) is 28.2 Å². The Morgan fingerprint density at radius 1 is 1.41 bits per heavy atom. The topological polar surface area (TPSA) is 24.9 Å². The summed E-state index contributed by atoms with van der Waals surface area (Å²) in [5, 5.41) is 5.53. The van der Waals surface area contributed by atoms with Gasteiger partial charge in [0.05, 0.1) is 14.7 Å². The summed E-state index contributed by atoms with van der Waals surface area (Å²) in [6.07, 6.45) is 4.95. The fraction of sp³-hybridized carbons (Fsp3) is 0.462. The molecule has 90 valence electrons. The van der Waals surface area contributed by atoms with Crippen molar-refractivity contribution >= 4 is 33.2 Å². The lowest BCUT2D eigenvalue weighted by Gasteiger charge is -2.22. The zero-order chi connectivity index (χ0) is 11.7. The van der Waals surface area contributed by atoms with Crippen LogP contribution in [0, 0.1) is 0 Å². The second-order valence-electron chi connectivity index (χ2n) is 4.55. The van der Waals surface area contributed by atoms with E-state index >= 15 is 0 Å². The number of nitrogens with zero attached hydrogens (tertiary/aromatic N) is 1. The van der Waals surface area contributed by atoms with Crippen molar-refractivity contribution < 1.29 is 0 Å². The Labute approximate surface area is 110 Å². The molecule has 0 aliphatic carbocycles.